The van der Waals surface area contributed by atoms with Crippen LogP contribution < -0.4 is 5.32 Å². The van der Waals surface area contributed by atoms with Gasteiger partial charge in [-0.1, -0.05) is 26.8 Å². The van der Waals surface area contributed by atoms with E-state index in [4.69, 9.17) is 4.42 Å². The molecule has 0 aliphatic rings. The maximum absolute atomic E-state index is 11.9. The lowest BCUT2D eigenvalue weighted by Crippen LogP contribution is -2.31. The molecule has 3 heteroatoms. The minimum Gasteiger partial charge on any atom is -0.464 e. The lowest BCUT2D eigenvalue weighted by molar-refractivity contribution is -0.120. The molecule has 108 valence electrons. The van der Waals surface area contributed by atoms with Gasteiger partial charge in [-0.25, -0.2) is 0 Å². The van der Waals surface area contributed by atoms with E-state index in [1.807, 2.05) is 19.9 Å². The van der Waals surface area contributed by atoms with Crippen molar-refractivity contribution in [3.8, 4) is 0 Å². The Bertz CT molecular complexity index is 617. The molecule has 1 aromatic carbocycles. The Morgan fingerprint density at radius 2 is 2.00 bits per heavy atom. The van der Waals surface area contributed by atoms with E-state index in [1.54, 1.807) is 6.26 Å². The number of benzene rings is 1. The van der Waals surface area contributed by atoms with E-state index in [-0.39, 0.29) is 17.4 Å². The maximum atomic E-state index is 11.9. The van der Waals surface area contributed by atoms with Gasteiger partial charge in [-0.2, -0.15) is 0 Å². The van der Waals surface area contributed by atoms with Crippen LogP contribution >= 0.6 is 0 Å². The van der Waals surface area contributed by atoms with Gasteiger partial charge in [0.05, 0.1) is 12.7 Å². The summed E-state index contributed by atoms with van der Waals surface area (Å²) in [6, 6.07) is 6.37. The molecule has 0 aliphatic heterocycles. The van der Waals surface area contributed by atoms with Gasteiger partial charge in [-0.05, 0) is 37.0 Å². The van der Waals surface area contributed by atoms with Gasteiger partial charge in [0.1, 0.15) is 5.58 Å². The number of carbonyl (C=O) groups excluding carboxylic acids is 1. The summed E-state index contributed by atoms with van der Waals surface area (Å²) in [5.74, 6) is 0.0314. The zero-order chi connectivity index (χ0) is 14.9. The molecule has 2 aromatic rings. The van der Waals surface area contributed by atoms with Crippen LogP contribution in [0.3, 0.4) is 0 Å². The molecule has 0 atom stereocenters. The van der Waals surface area contributed by atoms with E-state index in [0.29, 0.717) is 6.42 Å². The van der Waals surface area contributed by atoms with Crippen molar-refractivity contribution in [2.75, 3.05) is 0 Å². The molecule has 20 heavy (non-hydrogen) atoms. The summed E-state index contributed by atoms with van der Waals surface area (Å²) in [7, 11) is 0. The molecule has 1 heterocycles. The Morgan fingerprint density at radius 3 is 2.60 bits per heavy atom. The Morgan fingerprint density at radius 1 is 1.30 bits per heavy atom. The zero-order valence-corrected chi connectivity index (χ0v) is 12.9. The van der Waals surface area contributed by atoms with Crippen molar-refractivity contribution in [2.24, 2.45) is 0 Å². The number of carbonyl (C=O) groups is 1. The summed E-state index contributed by atoms with van der Waals surface area (Å²) in [4.78, 5) is 11.9. The number of hydrogen-bond donors (Lipinski definition) is 1. The van der Waals surface area contributed by atoms with Gasteiger partial charge in [-0.15, -0.1) is 0 Å². The van der Waals surface area contributed by atoms with E-state index in [9.17, 15) is 4.79 Å². The Hall–Kier alpha value is -1.77. The Balaban J connectivity index is 2.32. The molecule has 1 aromatic heterocycles. The van der Waals surface area contributed by atoms with E-state index in [0.717, 1.165) is 16.5 Å². The number of furan rings is 1. The Kier molecular flexibility index (Phi) is 3.89. The minimum atomic E-state index is 0.0314. The minimum absolute atomic E-state index is 0.0314. The third-order valence-corrected chi connectivity index (χ3v) is 3.32. The molecule has 0 saturated carbocycles. The van der Waals surface area contributed by atoms with Crippen LogP contribution in [-0.4, -0.2) is 11.9 Å². The van der Waals surface area contributed by atoms with Gasteiger partial charge in [0.15, 0.2) is 0 Å². The monoisotopic (exact) mass is 273 g/mol. The fourth-order valence-electron chi connectivity index (χ4n) is 2.23. The van der Waals surface area contributed by atoms with E-state index in [1.165, 1.54) is 5.56 Å². The molecular weight excluding hydrogens is 250 g/mol. The Labute approximate surface area is 120 Å². The molecule has 1 amide bonds. The van der Waals surface area contributed by atoms with E-state index >= 15 is 0 Å². The van der Waals surface area contributed by atoms with Crippen LogP contribution in [0.1, 0.15) is 45.7 Å². The number of hydrogen-bond acceptors (Lipinski definition) is 2. The highest BCUT2D eigenvalue weighted by Gasteiger charge is 2.17. The van der Waals surface area contributed by atoms with Crippen molar-refractivity contribution in [3.05, 3.63) is 35.6 Å². The largest absolute Gasteiger partial charge is 0.464 e. The van der Waals surface area contributed by atoms with E-state index < -0.39 is 0 Å². The van der Waals surface area contributed by atoms with Crippen molar-refractivity contribution in [3.63, 3.8) is 0 Å². The normalized spacial score (nSPS) is 12.1. The predicted molar refractivity (Wildman–Crippen MR) is 81.9 cm³/mol. The standard InChI is InChI=1S/C17H23NO2/c1-11(2)18-16(19)8-12-10-20-15-7-6-13(9-14(12)15)17(3,4)5/h6-7,9-11H,8H2,1-5H3,(H,18,19). The molecular formula is C17H23NO2. The van der Waals surface area contributed by atoms with Crippen molar-refractivity contribution in [1.82, 2.24) is 5.32 Å². The van der Waals surface area contributed by atoms with Crippen molar-refractivity contribution >= 4 is 16.9 Å². The molecule has 0 fully saturated rings. The third kappa shape index (κ3) is 3.21. The quantitative estimate of drug-likeness (QED) is 0.924. The van der Waals surface area contributed by atoms with Crippen LogP contribution in [0.5, 0.6) is 0 Å². The van der Waals surface area contributed by atoms with Crippen LogP contribution in [0, 0.1) is 0 Å². The molecule has 0 radical (unpaired) electrons. The molecule has 3 nitrogen and oxygen atoms in total. The van der Waals surface area contributed by atoms with Crippen molar-refractivity contribution in [2.45, 2.75) is 52.5 Å². The topological polar surface area (TPSA) is 42.2 Å². The summed E-state index contributed by atoms with van der Waals surface area (Å²) in [5, 5.41) is 3.95. The average molecular weight is 273 g/mol. The zero-order valence-electron chi connectivity index (χ0n) is 12.9. The summed E-state index contributed by atoms with van der Waals surface area (Å²) in [6.07, 6.45) is 2.05. The van der Waals surface area contributed by atoms with Gasteiger partial charge in [-0.3, -0.25) is 4.79 Å². The van der Waals surface area contributed by atoms with Crippen LogP contribution in [0.25, 0.3) is 11.0 Å². The highest BCUT2D eigenvalue weighted by atomic mass is 16.3. The first-order valence-electron chi connectivity index (χ1n) is 7.07. The molecule has 2 rings (SSSR count). The van der Waals surface area contributed by atoms with Crippen molar-refractivity contribution < 1.29 is 9.21 Å². The van der Waals surface area contributed by atoms with Gasteiger partial charge in [0.25, 0.3) is 0 Å². The van der Waals surface area contributed by atoms with Gasteiger partial charge >= 0.3 is 0 Å². The van der Waals surface area contributed by atoms with Gasteiger partial charge < -0.3 is 9.73 Å². The number of rotatable bonds is 3. The SMILES string of the molecule is CC(C)NC(=O)Cc1coc2ccc(C(C)(C)C)cc12. The second kappa shape index (κ2) is 5.31. The average Bonchev–Trinajstić information content (AvgIpc) is 2.69. The van der Waals surface area contributed by atoms with Crippen LogP contribution in [0.15, 0.2) is 28.9 Å². The summed E-state index contributed by atoms with van der Waals surface area (Å²) in [5.41, 5.74) is 3.12. The lowest BCUT2D eigenvalue weighted by Gasteiger charge is -2.18. The van der Waals surface area contributed by atoms with Gasteiger partial charge in [0, 0.05) is 17.0 Å². The van der Waals surface area contributed by atoms with Crippen LogP contribution in [-0.2, 0) is 16.6 Å². The number of amides is 1. The first-order valence-corrected chi connectivity index (χ1v) is 7.07. The summed E-state index contributed by atoms with van der Waals surface area (Å²) >= 11 is 0. The number of fused-ring (bicyclic) bond motifs is 1. The second-order valence-corrected chi connectivity index (χ2v) is 6.62. The van der Waals surface area contributed by atoms with Crippen molar-refractivity contribution in [1.29, 1.82) is 0 Å². The summed E-state index contributed by atoms with van der Waals surface area (Å²) in [6.45, 7) is 10.5. The highest BCUT2D eigenvalue weighted by Crippen LogP contribution is 2.29. The fraction of sp³-hybridized carbons (Fsp3) is 0.471. The molecule has 0 aliphatic carbocycles. The molecule has 0 saturated heterocycles. The second-order valence-electron chi connectivity index (χ2n) is 6.62. The maximum Gasteiger partial charge on any atom is 0.224 e. The fourth-order valence-corrected chi connectivity index (χ4v) is 2.23. The molecule has 0 bridgehead atoms. The third-order valence-electron chi connectivity index (χ3n) is 3.32. The summed E-state index contributed by atoms with van der Waals surface area (Å²) < 4.78 is 5.54. The number of nitrogens with one attached hydrogen (secondary N) is 1. The predicted octanol–water partition coefficient (Wildman–Crippen LogP) is 3.80. The van der Waals surface area contributed by atoms with Crippen LogP contribution in [0.2, 0.25) is 0 Å². The van der Waals surface area contributed by atoms with E-state index in [2.05, 4.69) is 38.2 Å². The highest BCUT2D eigenvalue weighted by molar-refractivity contribution is 5.88. The first-order chi connectivity index (χ1) is 9.27. The lowest BCUT2D eigenvalue weighted by atomic mass is 9.86. The van der Waals surface area contributed by atoms with Crippen LogP contribution in [0.4, 0.5) is 0 Å². The molecule has 0 spiro atoms. The first kappa shape index (κ1) is 14.6. The smallest absolute Gasteiger partial charge is 0.224 e. The molecule has 0 unspecified atom stereocenters. The van der Waals surface area contributed by atoms with Gasteiger partial charge in [0.2, 0.25) is 5.91 Å². The molecule has 1 N–H and O–H groups in total.